The minimum Gasteiger partial charge on any atom is -0.469 e. The van der Waals surface area contributed by atoms with Crippen LogP contribution >= 0.6 is 11.6 Å². The number of rotatable bonds is 8. The van der Waals surface area contributed by atoms with Gasteiger partial charge in [-0.25, -0.2) is 0 Å². The van der Waals surface area contributed by atoms with Gasteiger partial charge < -0.3 is 14.3 Å². The Morgan fingerprint density at radius 1 is 1.00 bits per heavy atom. The van der Waals surface area contributed by atoms with Crippen molar-refractivity contribution in [1.29, 1.82) is 0 Å². The van der Waals surface area contributed by atoms with Crippen LogP contribution in [0.15, 0.2) is 77.4 Å². The molecular weight excluding hydrogens is 446 g/mol. The van der Waals surface area contributed by atoms with Gasteiger partial charge in [0.25, 0.3) is 0 Å². The number of piperidine rings is 1. The molecule has 0 bridgehead atoms. The number of hydrogen-bond acceptors (Lipinski definition) is 3. The first-order valence-electron chi connectivity index (χ1n) is 12.0. The zero-order valence-corrected chi connectivity index (χ0v) is 20.0. The minimum absolute atomic E-state index is 0.0905. The molecule has 4 aromatic rings. The van der Waals surface area contributed by atoms with Crippen LogP contribution in [0.5, 0.6) is 0 Å². The van der Waals surface area contributed by atoms with Gasteiger partial charge in [0.15, 0.2) is 0 Å². The Labute approximate surface area is 205 Å². The van der Waals surface area contributed by atoms with Crippen molar-refractivity contribution in [1.82, 2.24) is 14.8 Å². The lowest BCUT2D eigenvalue weighted by molar-refractivity contribution is -0.126. The van der Waals surface area contributed by atoms with Crippen LogP contribution < -0.4 is 5.32 Å². The third-order valence-electron chi connectivity index (χ3n) is 6.75. The lowest BCUT2D eigenvalue weighted by Gasteiger charge is -2.31. The molecule has 0 atom stereocenters. The van der Waals surface area contributed by atoms with E-state index in [2.05, 4.69) is 57.2 Å². The lowest BCUT2D eigenvalue weighted by Crippen LogP contribution is -2.40. The summed E-state index contributed by atoms with van der Waals surface area (Å²) in [5.74, 6) is 1.17. The average molecular weight is 476 g/mol. The summed E-state index contributed by atoms with van der Waals surface area (Å²) in [6.07, 6.45) is 4.19. The highest BCUT2D eigenvalue weighted by molar-refractivity contribution is 6.30. The van der Waals surface area contributed by atoms with Crippen LogP contribution in [-0.2, 0) is 24.3 Å². The summed E-state index contributed by atoms with van der Waals surface area (Å²) in [4.78, 5) is 15.1. The summed E-state index contributed by atoms with van der Waals surface area (Å²) in [5, 5.41) is 5.10. The number of fused-ring (bicyclic) bond motifs is 1. The van der Waals surface area contributed by atoms with Crippen LogP contribution in [0.1, 0.15) is 29.9 Å². The Kier molecular flexibility index (Phi) is 7.02. The van der Waals surface area contributed by atoms with E-state index >= 15 is 0 Å². The lowest BCUT2D eigenvalue weighted by atomic mass is 9.95. The standard InChI is InChI=1S/C28H30ClN3O2/c29-24-9-7-21(8-10-24)19-32-25(18-23-4-1-2-6-27(23)32)20-31-15-12-22(13-16-31)28(33)30-14-11-26-5-3-17-34-26/h1-10,17-18,22H,11-16,19-20H2,(H,30,33). The van der Waals surface area contributed by atoms with Crippen molar-refractivity contribution in [2.45, 2.75) is 32.4 Å². The molecule has 1 amide bonds. The van der Waals surface area contributed by atoms with E-state index in [1.165, 1.54) is 22.2 Å². The van der Waals surface area contributed by atoms with E-state index in [4.69, 9.17) is 16.0 Å². The van der Waals surface area contributed by atoms with E-state index < -0.39 is 0 Å². The molecule has 1 aliphatic heterocycles. The molecule has 5 rings (SSSR count). The number of carbonyl (C=O) groups excluding carboxylic acids is 1. The van der Waals surface area contributed by atoms with Crippen molar-refractivity contribution >= 4 is 28.4 Å². The van der Waals surface area contributed by atoms with Gasteiger partial charge in [-0.2, -0.15) is 0 Å². The summed E-state index contributed by atoms with van der Waals surface area (Å²) >= 11 is 6.09. The summed E-state index contributed by atoms with van der Waals surface area (Å²) < 4.78 is 7.75. The van der Waals surface area contributed by atoms with Crippen molar-refractivity contribution in [3.05, 3.63) is 95.0 Å². The monoisotopic (exact) mass is 475 g/mol. The van der Waals surface area contributed by atoms with Crippen molar-refractivity contribution < 1.29 is 9.21 Å². The maximum Gasteiger partial charge on any atom is 0.223 e. The molecule has 3 heterocycles. The van der Waals surface area contributed by atoms with Gasteiger partial charge in [0.05, 0.1) is 6.26 Å². The minimum atomic E-state index is 0.0905. The number of furan rings is 1. The van der Waals surface area contributed by atoms with Crippen LogP contribution in [0.3, 0.4) is 0 Å². The molecule has 5 nitrogen and oxygen atoms in total. The van der Waals surface area contributed by atoms with Crippen LogP contribution in [0.2, 0.25) is 5.02 Å². The molecule has 2 aromatic heterocycles. The van der Waals surface area contributed by atoms with Crippen molar-refractivity contribution in [2.24, 2.45) is 5.92 Å². The van der Waals surface area contributed by atoms with E-state index in [1.54, 1.807) is 6.26 Å². The van der Waals surface area contributed by atoms with Gasteiger partial charge >= 0.3 is 0 Å². The summed E-state index contributed by atoms with van der Waals surface area (Å²) in [6.45, 7) is 4.18. The Morgan fingerprint density at radius 2 is 1.79 bits per heavy atom. The smallest absolute Gasteiger partial charge is 0.223 e. The quantitative estimate of drug-likeness (QED) is 0.365. The SMILES string of the molecule is O=C(NCCc1ccco1)C1CCN(Cc2cc3ccccc3n2Cc2ccc(Cl)cc2)CC1. The normalized spacial score (nSPS) is 15.1. The summed E-state index contributed by atoms with van der Waals surface area (Å²) in [6, 6.07) is 22.8. The number of halogens is 1. The van der Waals surface area contributed by atoms with Gasteiger partial charge in [-0.3, -0.25) is 9.69 Å². The topological polar surface area (TPSA) is 50.4 Å². The zero-order valence-electron chi connectivity index (χ0n) is 19.3. The van der Waals surface area contributed by atoms with Crippen molar-refractivity contribution in [3.63, 3.8) is 0 Å². The second kappa shape index (κ2) is 10.5. The van der Waals surface area contributed by atoms with Gasteiger partial charge in [-0.15, -0.1) is 0 Å². The van der Waals surface area contributed by atoms with Gasteiger partial charge in [-0.1, -0.05) is 41.9 Å². The van der Waals surface area contributed by atoms with E-state index in [9.17, 15) is 4.79 Å². The zero-order chi connectivity index (χ0) is 23.3. The molecular formula is C28H30ClN3O2. The van der Waals surface area contributed by atoms with Gasteiger partial charge in [-0.05, 0) is 73.3 Å². The first-order valence-corrected chi connectivity index (χ1v) is 12.4. The fourth-order valence-electron chi connectivity index (χ4n) is 4.85. The fourth-order valence-corrected chi connectivity index (χ4v) is 4.97. The van der Waals surface area contributed by atoms with E-state index in [1.807, 2.05) is 24.3 Å². The molecule has 1 aliphatic rings. The summed E-state index contributed by atoms with van der Waals surface area (Å²) in [7, 11) is 0. The molecule has 34 heavy (non-hydrogen) atoms. The Hall–Kier alpha value is -3.02. The Bertz CT molecular complexity index is 1220. The highest BCUT2D eigenvalue weighted by Gasteiger charge is 2.25. The maximum absolute atomic E-state index is 12.6. The number of carbonyl (C=O) groups is 1. The molecule has 1 fully saturated rings. The van der Waals surface area contributed by atoms with Crippen LogP contribution in [0.25, 0.3) is 10.9 Å². The largest absolute Gasteiger partial charge is 0.469 e. The first-order chi connectivity index (χ1) is 16.7. The van der Waals surface area contributed by atoms with Gasteiger partial charge in [0, 0.05) is 48.2 Å². The first kappa shape index (κ1) is 22.8. The van der Waals surface area contributed by atoms with Gasteiger partial charge in [0.2, 0.25) is 5.91 Å². The molecule has 2 aromatic carbocycles. The number of para-hydroxylation sites is 1. The van der Waals surface area contributed by atoms with Crippen molar-refractivity contribution in [2.75, 3.05) is 19.6 Å². The van der Waals surface area contributed by atoms with E-state index in [-0.39, 0.29) is 11.8 Å². The van der Waals surface area contributed by atoms with Crippen LogP contribution in [0.4, 0.5) is 0 Å². The number of hydrogen-bond donors (Lipinski definition) is 1. The predicted molar refractivity (Wildman–Crippen MR) is 136 cm³/mol. The van der Waals surface area contributed by atoms with Crippen LogP contribution in [0, 0.1) is 5.92 Å². The molecule has 0 radical (unpaired) electrons. The fraction of sp³-hybridized carbons (Fsp3) is 0.321. The molecule has 1 N–H and O–H groups in total. The molecule has 176 valence electrons. The molecule has 6 heteroatoms. The highest BCUT2D eigenvalue weighted by atomic mass is 35.5. The average Bonchev–Trinajstić information content (AvgIpc) is 3.49. The molecule has 0 aliphatic carbocycles. The highest BCUT2D eigenvalue weighted by Crippen LogP contribution is 2.25. The Balaban J connectivity index is 1.20. The maximum atomic E-state index is 12.6. The number of amides is 1. The number of benzene rings is 2. The Morgan fingerprint density at radius 3 is 2.56 bits per heavy atom. The molecule has 0 spiro atoms. The number of likely N-dealkylation sites (tertiary alicyclic amines) is 1. The van der Waals surface area contributed by atoms with Crippen molar-refractivity contribution in [3.8, 4) is 0 Å². The number of nitrogens with one attached hydrogen (secondary N) is 1. The number of aromatic nitrogens is 1. The predicted octanol–water partition coefficient (Wildman–Crippen LogP) is 5.51. The van der Waals surface area contributed by atoms with E-state index in [0.29, 0.717) is 6.54 Å². The second-order valence-electron chi connectivity index (χ2n) is 9.08. The van der Waals surface area contributed by atoms with Crippen LogP contribution in [-0.4, -0.2) is 35.0 Å². The third-order valence-corrected chi connectivity index (χ3v) is 7.00. The second-order valence-corrected chi connectivity index (χ2v) is 9.51. The molecule has 0 unspecified atom stereocenters. The molecule has 0 saturated carbocycles. The van der Waals surface area contributed by atoms with Gasteiger partial charge in [0.1, 0.15) is 5.76 Å². The third kappa shape index (κ3) is 5.37. The number of nitrogens with zero attached hydrogens (tertiary/aromatic N) is 2. The van der Waals surface area contributed by atoms with E-state index in [0.717, 1.165) is 56.2 Å². The molecule has 1 saturated heterocycles. The summed E-state index contributed by atoms with van der Waals surface area (Å²) in [5.41, 5.74) is 3.78.